The summed E-state index contributed by atoms with van der Waals surface area (Å²) in [6.07, 6.45) is 1.17. The summed E-state index contributed by atoms with van der Waals surface area (Å²) < 4.78 is 27.3. The first-order valence-corrected chi connectivity index (χ1v) is 5.59. The maximum atomic E-state index is 13.4. The van der Waals surface area contributed by atoms with Crippen molar-refractivity contribution in [2.45, 2.75) is 6.54 Å². The second kappa shape index (κ2) is 5.04. The molecule has 1 heterocycles. The van der Waals surface area contributed by atoms with Crippen LogP contribution in [0.4, 0.5) is 8.78 Å². The topological polar surface area (TPSA) is 34.9 Å². The lowest BCUT2D eigenvalue weighted by Crippen LogP contribution is -2.24. The number of rotatable bonds is 2. The zero-order valence-electron chi connectivity index (χ0n) is 8.83. The van der Waals surface area contributed by atoms with Crippen LogP contribution in [0, 0.1) is 11.6 Å². The standard InChI is InChI=1S/C11H6Cl2F2N2O/c12-8-4-16-17(11(18)10(8)13)5-6-3-7(14)1-2-9(6)15/h1-4H,5H2. The van der Waals surface area contributed by atoms with E-state index in [-0.39, 0.29) is 22.2 Å². The Labute approximate surface area is 111 Å². The van der Waals surface area contributed by atoms with Crippen molar-refractivity contribution in [1.82, 2.24) is 9.78 Å². The lowest BCUT2D eigenvalue weighted by molar-refractivity contribution is 0.557. The number of benzene rings is 1. The van der Waals surface area contributed by atoms with Gasteiger partial charge in [0.15, 0.2) is 0 Å². The van der Waals surface area contributed by atoms with Gasteiger partial charge in [0.2, 0.25) is 0 Å². The Bertz CT molecular complexity index is 658. The number of hydrogen-bond donors (Lipinski definition) is 0. The first-order valence-electron chi connectivity index (χ1n) is 4.84. The first kappa shape index (κ1) is 13.0. The molecule has 94 valence electrons. The van der Waals surface area contributed by atoms with E-state index in [9.17, 15) is 13.6 Å². The van der Waals surface area contributed by atoms with Gasteiger partial charge in [-0.15, -0.1) is 0 Å². The molecule has 0 amide bonds. The average Bonchev–Trinajstić information content (AvgIpc) is 2.34. The molecule has 7 heteroatoms. The molecule has 0 N–H and O–H groups in total. The van der Waals surface area contributed by atoms with E-state index in [0.717, 1.165) is 22.9 Å². The van der Waals surface area contributed by atoms with Crippen molar-refractivity contribution in [2.75, 3.05) is 0 Å². The predicted molar refractivity (Wildman–Crippen MR) is 64.0 cm³/mol. The van der Waals surface area contributed by atoms with Crippen LogP contribution < -0.4 is 5.56 Å². The van der Waals surface area contributed by atoms with Crippen molar-refractivity contribution < 1.29 is 8.78 Å². The van der Waals surface area contributed by atoms with Gasteiger partial charge in [-0.05, 0) is 18.2 Å². The molecule has 2 rings (SSSR count). The van der Waals surface area contributed by atoms with Crippen LogP contribution in [0.2, 0.25) is 10.0 Å². The summed E-state index contributed by atoms with van der Waals surface area (Å²) in [7, 11) is 0. The second-order valence-corrected chi connectivity index (χ2v) is 4.29. The molecule has 18 heavy (non-hydrogen) atoms. The molecule has 1 aromatic carbocycles. The number of nitrogens with zero attached hydrogens (tertiary/aromatic N) is 2. The fraction of sp³-hybridized carbons (Fsp3) is 0.0909. The van der Waals surface area contributed by atoms with Crippen LogP contribution >= 0.6 is 23.2 Å². The monoisotopic (exact) mass is 290 g/mol. The second-order valence-electron chi connectivity index (χ2n) is 3.51. The van der Waals surface area contributed by atoms with Crippen molar-refractivity contribution in [1.29, 1.82) is 0 Å². The molecule has 1 aromatic heterocycles. The van der Waals surface area contributed by atoms with Gasteiger partial charge in [0, 0.05) is 5.56 Å². The largest absolute Gasteiger partial charge is 0.287 e. The minimum atomic E-state index is -0.659. The van der Waals surface area contributed by atoms with Crippen LogP contribution in [0.25, 0.3) is 0 Å². The highest BCUT2D eigenvalue weighted by Gasteiger charge is 2.10. The third kappa shape index (κ3) is 2.52. The van der Waals surface area contributed by atoms with Crippen LogP contribution in [0.1, 0.15) is 5.56 Å². The normalized spacial score (nSPS) is 10.7. The summed E-state index contributed by atoms with van der Waals surface area (Å²) in [5.41, 5.74) is -0.657. The van der Waals surface area contributed by atoms with E-state index in [1.165, 1.54) is 6.20 Å². The van der Waals surface area contributed by atoms with Gasteiger partial charge >= 0.3 is 0 Å². The van der Waals surface area contributed by atoms with E-state index in [1.54, 1.807) is 0 Å². The summed E-state index contributed by atoms with van der Waals surface area (Å²) in [4.78, 5) is 11.7. The van der Waals surface area contributed by atoms with Crippen LogP contribution in [0.5, 0.6) is 0 Å². The SMILES string of the molecule is O=c1c(Cl)c(Cl)cnn1Cc1cc(F)ccc1F. The minimum absolute atomic E-state index is 0.00277. The molecule has 0 saturated carbocycles. The number of aromatic nitrogens is 2. The summed E-state index contributed by atoms with van der Waals surface area (Å²) in [6.45, 7) is -0.223. The number of hydrogen-bond acceptors (Lipinski definition) is 2. The van der Waals surface area contributed by atoms with E-state index < -0.39 is 17.2 Å². The van der Waals surface area contributed by atoms with Crippen molar-refractivity contribution in [3.8, 4) is 0 Å². The summed E-state index contributed by atoms with van der Waals surface area (Å²) in [5.74, 6) is -1.23. The van der Waals surface area contributed by atoms with E-state index in [0.29, 0.717) is 0 Å². The minimum Gasteiger partial charge on any atom is -0.266 e. The van der Waals surface area contributed by atoms with Crippen molar-refractivity contribution in [3.63, 3.8) is 0 Å². The Morgan fingerprint density at radius 2 is 2.00 bits per heavy atom. The van der Waals surface area contributed by atoms with Gasteiger partial charge in [0.05, 0.1) is 17.8 Å². The van der Waals surface area contributed by atoms with E-state index in [4.69, 9.17) is 23.2 Å². The molecule has 0 atom stereocenters. The molecule has 3 nitrogen and oxygen atoms in total. The Morgan fingerprint density at radius 3 is 2.72 bits per heavy atom. The van der Waals surface area contributed by atoms with E-state index in [2.05, 4.69) is 5.10 Å². The highest BCUT2D eigenvalue weighted by atomic mass is 35.5. The fourth-order valence-corrected chi connectivity index (χ4v) is 1.65. The van der Waals surface area contributed by atoms with Gasteiger partial charge in [-0.25, -0.2) is 13.5 Å². The smallest absolute Gasteiger partial charge is 0.266 e. The van der Waals surface area contributed by atoms with Crippen LogP contribution in [0.15, 0.2) is 29.2 Å². The molecule has 0 unspecified atom stereocenters. The zero-order chi connectivity index (χ0) is 13.3. The molecule has 0 saturated heterocycles. The lowest BCUT2D eigenvalue weighted by Gasteiger charge is -2.06. The highest BCUT2D eigenvalue weighted by Crippen LogP contribution is 2.15. The summed E-state index contributed by atoms with van der Waals surface area (Å²) in [6, 6.07) is 2.96. The van der Waals surface area contributed by atoms with Gasteiger partial charge in [-0.1, -0.05) is 23.2 Å². The maximum absolute atomic E-state index is 13.4. The van der Waals surface area contributed by atoms with Gasteiger partial charge in [0.25, 0.3) is 5.56 Å². The molecule has 0 aliphatic heterocycles. The van der Waals surface area contributed by atoms with Crippen LogP contribution in [-0.4, -0.2) is 9.78 Å². The van der Waals surface area contributed by atoms with Gasteiger partial charge in [-0.2, -0.15) is 5.10 Å². The quantitative estimate of drug-likeness (QED) is 0.852. The maximum Gasteiger partial charge on any atom is 0.287 e. The molecular formula is C11H6Cl2F2N2O. The van der Waals surface area contributed by atoms with Gasteiger partial charge < -0.3 is 0 Å². The average molecular weight is 291 g/mol. The molecule has 0 aliphatic carbocycles. The lowest BCUT2D eigenvalue weighted by atomic mass is 10.2. The summed E-state index contributed by atoms with van der Waals surface area (Å²) >= 11 is 11.3. The molecule has 0 radical (unpaired) electrons. The van der Waals surface area contributed by atoms with Gasteiger partial charge in [0.1, 0.15) is 16.7 Å². The van der Waals surface area contributed by atoms with Gasteiger partial charge in [-0.3, -0.25) is 4.79 Å². The molecule has 0 aliphatic rings. The van der Waals surface area contributed by atoms with Crippen molar-refractivity contribution in [2.24, 2.45) is 0 Å². The molecular weight excluding hydrogens is 285 g/mol. The summed E-state index contributed by atoms with van der Waals surface area (Å²) in [5, 5.41) is 3.51. The van der Waals surface area contributed by atoms with E-state index >= 15 is 0 Å². The van der Waals surface area contributed by atoms with Crippen LogP contribution in [0.3, 0.4) is 0 Å². The predicted octanol–water partition coefficient (Wildman–Crippen LogP) is 2.88. The van der Waals surface area contributed by atoms with Crippen LogP contribution in [-0.2, 0) is 6.54 Å². The Morgan fingerprint density at radius 1 is 1.28 bits per heavy atom. The molecule has 0 fully saturated rings. The molecule has 0 bridgehead atoms. The molecule has 0 spiro atoms. The van der Waals surface area contributed by atoms with Crippen molar-refractivity contribution >= 4 is 23.2 Å². The highest BCUT2D eigenvalue weighted by molar-refractivity contribution is 6.41. The Hall–Kier alpha value is -1.46. The zero-order valence-corrected chi connectivity index (χ0v) is 10.3. The Balaban J connectivity index is 2.44. The number of halogens is 4. The Kier molecular flexibility index (Phi) is 3.63. The molecule has 2 aromatic rings. The third-order valence-corrected chi connectivity index (χ3v) is 3.02. The fourth-order valence-electron chi connectivity index (χ4n) is 1.38. The van der Waals surface area contributed by atoms with E-state index in [1.807, 2.05) is 0 Å². The third-order valence-electron chi connectivity index (χ3n) is 2.27. The first-order chi connectivity index (χ1) is 8.49. The van der Waals surface area contributed by atoms with Crippen molar-refractivity contribution in [3.05, 3.63) is 62.0 Å².